The van der Waals surface area contributed by atoms with Crippen molar-refractivity contribution in [3.05, 3.63) is 35.9 Å². The van der Waals surface area contributed by atoms with Crippen molar-refractivity contribution in [2.24, 2.45) is 0 Å². The van der Waals surface area contributed by atoms with Gasteiger partial charge in [-0.1, -0.05) is 30.3 Å². The lowest BCUT2D eigenvalue weighted by Gasteiger charge is -2.23. The lowest BCUT2D eigenvalue weighted by Crippen LogP contribution is -2.36. The summed E-state index contributed by atoms with van der Waals surface area (Å²) in [5, 5.41) is 9.99. The van der Waals surface area contributed by atoms with E-state index in [9.17, 15) is 9.90 Å². The van der Waals surface area contributed by atoms with Gasteiger partial charge in [0.1, 0.15) is 6.61 Å². The number of β-amino-alcohol motifs (C(OH)–C–C–N with tert-alkyl or cyclic N) is 1. The summed E-state index contributed by atoms with van der Waals surface area (Å²) in [4.78, 5) is 13.9. The first-order valence-electron chi connectivity index (χ1n) is 8.84. The number of carbonyl (C=O) groups is 1. The fraction of sp³-hybridized carbons (Fsp3) is 0.632. The van der Waals surface area contributed by atoms with Crippen LogP contribution in [-0.2, 0) is 20.9 Å². The number of nitrogens with zero attached hydrogens (tertiary/aromatic N) is 1. The van der Waals surface area contributed by atoms with E-state index in [2.05, 4.69) is 11.8 Å². The maximum Gasteiger partial charge on any atom is 0.306 e. The summed E-state index contributed by atoms with van der Waals surface area (Å²) in [5.74, 6) is -0.214. The predicted molar refractivity (Wildman–Crippen MR) is 92.6 cm³/mol. The van der Waals surface area contributed by atoms with E-state index in [1.54, 1.807) is 0 Å². The minimum absolute atomic E-state index is 0.214. The van der Waals surface area contributed by atoms with Crippen molar-refractivity contribution in [1.82, 2.24) is 4.90 Å². The van der Waals surface area contributed by atoms with Crippen molar-refractivity contribution >= 4 is 5.97 Å². The Morgan fingerprint density at radius 3 is 2.88 bits per heavy atom. The largest absolute Gasteiger partial charge is 0.461 e. The number of aliphatic hydroxyl groups excluding tert-OH is 1. The third-order valence-electron chi connectivity index (χ3n) is 4.36. The first kappa shape index (κ1) is 18.9. The fourth-order valence-electron chi connectivity index (χ4n) is 2.94. The van der Waals surface area contributed by atoms with Crippen LogP contribution in [0.2, 0.25) is 0 Å². The first-order valence-corrected chi connectivity index (χ1v) is 8.84. The molecule has 0 aromatic heterocycles. The van der Waals surface area contributed by atoms with Crippen LogP contribution in [0.5, 0.6) is 0 Å². The standard InChI is InChI=1S/C19H29NO4/c1-16-7-5-11-20(16)13-18(21)15-23-12-6-10-19(22)24-14-17-8-3-2-4-9-17/h2-4,8-9,16,18,21H,5-7,10-15H2,1H3/t16-,18?/m1/s1. The summed E-state index contributed by atoms with van der Waals surface area (Å²) in [6.45, 7) is 5.02. The Kier molecular flexibility index (Phi) is 8.22. The summed E-state index contributed by atoms with van der Waals surface area (Å²) in [5.41, 5.74) is 0.987. The van der Waals surface area contributed by atoms with Gasteiger partial charge >= 0.3 is 5.97 Å². The summed E-state index contributed by atoms with van der Waals surface area (Å²) in [7, 11) is 0. The lowest BCUT2D eigenvalue weighted by atomic mass is 10.2. The second-order valence-corrected chi connectivity index (χ2v) is 6.46. The molecule has 0 radical (unpaired) electrons. The van der Waals surface area contributed by atoms with E-state index in [4.69, 9.17) is 9.47 Å². The van der Waals surface area contributed by atoms with Gasteiger partial charge in [-0.3, -0.25) is 9.69 Å². The highest BCUT2D eigenvalue weighted by Crippen LogP contribution is 2.16. The Labute approximate surface area is 144 Å². The van der Waals surface area contributed by atoms with Crippen LogP contribution in [-0.4, -0.2) is 54.4 Å². The molecule has 0 bridgehead atoms. The molecule has 1 aliphatic rings. The van der Waals surface area contributed by atoms with Crippen molar-refractivity contribution in [2.75, 3.05) is 26.3 Å². The van der Waals surface area contributed by atoms with E-state index in [-0.39, 0.29) is 5.97 Å². The molecule has 1 aromatic rings. The SMILES string of the molecule is C[C@@H]1CCCN1CC(O)COCCCC(=O)OCc1ccccc1. The zero-order chi connectivity index (χ0) is 17.2. The van der Waals surface area contributed by atoms with Gasteiger partial charge in [-0.25, -0.2) is 0 Å². The molecule has 1 aromatic carbocycles. The van der Waals surface area contributed by atoms with Gasteiger partial charge in [-0.15, -0.1) is 0 Å². The minimum atomic E-state index is -0.462. The fourth-order valence-corrected chi connectivity index (χ4v) is 2.94. The van der Waals surface area contributed by atoms with Crippen LogP contribution in [0, 0.1) is 0 Å². The third-order valence-corrected chi connectivity index (χ3v) is 4.36. The molecule has 1 aliphatic heterocycles. The number of benzene rings is 1. The Morgan fingerprint density at radius 1 is 1.38 bits per heavy atom. The molecule has 5 nitrogen and oxygen atoms in total. The Balaban J connectivity index is 1.47. The van der Waals surface area contributed by atoms with Crippen molar-refractivity contribution in [1.29, 1.82) is 0 Å². The van der Waals surface area contributed by atoms with E-state index in [0.29, 0.717) is 45.2 Å². The Bertz CT molecular complexity index is 480. The van der Waals surface area contributed by atoms with Gasteiger partial charge in [-0.05, 0) is 38.3 Å². The van der Waals surface area contributed by atoms with E-state index in [0.717, 1.165) is 12.1 Å². The number of hydrogen-bond donors (Lipinski definition) is 1. The monoisotopic (exact) mass is 335 g/mol. The molecule has 1 saturated heterocycles. The van der Waals surface area contributed by atoms with Gasteiger partial charge in [0.15, 0.2) is 0 Å². The summed E-state index contributed by atoms with van der Waals surface area (Å²) >= 11 is 0. The maximum absolute atomic E-state index is 11.6. The van der Waals surface area contributed by atoms with Gasteiger partial charge < -0.3 is 14.6 Å². The normalized spacial score (nSPS) is 19.3. The number of carbonyl (C=O) groups excluding carboxylic acids is 1. The Morgan fingerprint density at radius 2 is 2.17 bits per heavy atom. The molecule has 0 saturated carbocycles. The van der Waals surface area contributed by atoms with Gasteiger partial charge in [0.2, 0.25) is 0 Å². The molecular weight excluding hydrogens is 306 g/mol. The van der Waals surface area contributed by atoms with Gasteiger partial charge in [-0.2, -0.15) is 0 Å². The molecule has 1 heterocycles. The number of likely N-dealkylation sites (tertiary alicyclic amines) is 1. The molecule has 5 heteroatoms. The second kappa shape index (κ2) is 10.4. The van der Waals surface area contributed by atoms with Crippen molar-refractivity contribution in [3.8, 4) is 0 Å². The molecule has 1 fully saturated rings. The van der Waals surface area contributed by atoms with Crippen LogP contribution in [0.3, 0.4) is 0 Å². The quantitative estimate of drug-likeness (QED) is 0.525. The van der Waals surface area contributed by atoms with Crippen LogP contribution in [0.1, 0.15) is 38.2 Å². The second-order valence-electron chi connectivity index (χ2n) is 6.46. The molecule has 0 amide bonds. The number of hydrogen-bond acceptors (Lipinski definition) is 5. The van der Waals surface area contributed by atoms with E-state index < -0.39 is 6.10 Å². The average Bonchev–Trinajstić information content (AvgIpc) is 2.98. The number of rotatable bonds is 10. The third kappa shape index (κ3) is 6.99. The molecule has 1 unspecified atom stereocenters. The molecule has 2 atom stereocenters. The number of aliphatic hydroxyl groups is 1. The molecule has 1 N–H and O–H groups in total. The highest BCUT2D eigenvalue weighted by Gasteiger charge is 2.22. The number of ether oxygens (including phenoxy) is 2. The number of esters is 1. The van der Waals surface area contributed by atoms with E-state index in [1.807, 2.05) is 30.3 Å². The van der Waals surface area contributed by atoms with Gasteiger partial charge in [0, 0.05) is 25.6 Å². The van der Waals surface area contributed by atoms with Crippen molar-refractivity contribution < 1.29 is 19.4 Å². The van der Waals surface area contributed by atoms with E-state index in [1.165, 1.54) is 12.8 Å². The average molecular weight is 335 g/mol. The van der Waals surface area contributed by atoms with Crippen LogP contribution in [0.4, 0.5) is 0 Å². The first-order chi connectivity index (χ1) is 11.6. The van der Waals surface area contributed by atoms with Gasteiger partial charge in [0.25, 0.3) is 0 Å². The van der Waals surface area contributed by atoms with E-state index >= 15 is 0 Å². The molecular formula is C19H29NO4. The molecule has 0 spiro atoms. The predicted octanol–water partition coefficient (Wildman–Crippen LogP) is 2.37. The highest BCUT2D eigenvalue weighted by molar-refractivity contribution is 5.69. The zero-order valence-corrected chi connectivity index (χ0v) is 14.5. The maximum atomic E-state index is 11.6. The molecule has 2 rings (SSSR count). The van der Waals surface area contributed by atoms with Gasteiger partial charge in [0.05, 0.1) is 12.7 Å². The summed E-state index contributed by atoms with van der Waals surface area (Å²) in [6.07, 6.45) is 2.90. The lowest BCUT2D eigenvalue weighted by molar-refractivity contribution is -0.145. The van der Waals surface area contributed by atoms with Crippen molar-refractivity contribution in [2.45, 2.75) is 51.4 Å². The zero-order valence-electron chi connectivity index (χ0n) is 14.5. The summed E-state index contributed by atoms with van der Waals surface area (Å²) in [6, 6.07) is 10.2. The topological polar surface area (TPSA) is 59.0 Å². The van der Waals surface area contributed by atoms with Crippen LogP contribution in [0.25, 0.3) is 0 Å². The molecule has 24 heavy (non-hydrogen) atoms. The molecule has 134 valence electrons. The smallest absolute Gasteiger partial charge is 0.306 e. The molecule has 0 aliphatic carbocycles. The Hall–Kier alpha value is -1.43. The highest BCUT2D eigenvalue weighted by atomic mass is 16.5. The van der Waals surface area contributed by atoms with Crippen LogP contribution in [0.15, 0.2) is 30.3 Å². The minimum Gasteiger partial charge on any atom is -0.461 e. The summed E-state index contributed by atoms with van der Waals surface area (Å²) < 4.78 is 10.7. The van der Waals surface area contributed by atoms with Crippen LogP contribution >= 0.6 is 0 Å². The van der Waals surface area contributed by atoms with Crippen molar-refractivity contribution in [3.63, 3.8) is 0 Å². The van der Waals surface area contributed by atoms with Crippen LogP contribution < -0.4 is 0 Å².